The molecule has 4 aromatic rings. The molecule has 1 aliphatic heterocycles. The van der Waals surface area contributed by atoms with Gasteiger partial charge in [-0.15, -0.1) is 11.3 Å². The van der Waals surface area contributed by atoms with Gasteiger partial charge < -0.3 is 25.2 Å². The van der Waals surface area contributed by atoms with Crippen LogP contribution in [0, 0.1) is 5.82 Å². The maximum Gasteiger partial charge on any atom is 0.257 e. The van der Waals surface area contributed by atoms with Gasteiger partial charge in [-0.3, -0.25) is 14.4 Å². The molecule has 10 heteroatoms. The van der Waals surface area contributed by atoms with Gasteiger partial charge in [-0.05, 0) is 59.8 Å². The van der Waals surface area contributed by atoms with Crippen LogP contribution in [0.1, 0.15) is 38.9 Å². The van der Waals surface area contributed by atoms with E-state index in [1.54, 1.807) is 29.8 Å². The van der Waals surface area contributed by atoms with Gasteiger partial charge >= 0.3 is 0 Å². The van der Waals surface area contributed by atoms with Crippen molar-refractivity contribution in [2.45, 2.75) is 32.2 Å². The van der Waals surface area contributed by atoms with Crippen molar-refractivity contribution in [1.29, 1.82) is 0 Å². The largest absolute Gasteiger partial charge is 0.388 e. The maximum absolute atomic E-state index is 13.5. The predicted octanol–water partition coefficient (Wildman–Crippen LogP) is 3.32. The van der Waals surface area contributed by atoms with E-state index < -0.39 is 17.4 Å². The van der Waals surface area contributed by atoms with Crippen molar-refractivity contribution < 1.29 is 19.1 Å². The first kappa shape index (κ1) is 25.8. The van der Waals surface area contributed by atoms with E-state index in [2.05, 4.69) is 10.6 Å². The first-order chi connectivity index (χ1) is 18.3. The number of aromatic nitrogens is 1. The van der Waals surface area contributed by atoms with Crippen LogP contribution in [0.3, 0.4) is 0 Å². The molecular formula is C28H27FN4O4S. The Morgan fingerprint density at radius 3 is 2.66 bits per heavy atom. The summed E-state index contributed by atoms with van der Waals surface area (Å²) >= 11 is 1.51. The van der Waals surface area contributed by atoms with Gasteiger partial charge in [-0.1, -0.05) is 18.2 Å². The summed E-state index contributed by atoms with van der Waals surface area (Å²) in [5, 5.41) is 18.6. The van der Waals surface area contributed by atoms with Crippen LogP contribution in [0.4, 0.5) is 10.1 Å². The van der Waals surface area contributed by atoms with Crippen molar-refractivity contribution in [1.82, 2.24) is 15.2 Å². The number of nitrogens with zero attached hydrogens (tertiary/aromatic N) is 2. The third-order valence-electron chi connectivity index (χ3n) is 6.66. The molecule has 0 fully saturated rings. The number of anilines is 1. The van der Waals surface area contributed by atoms with E-state index in [1.165, 1.54) is 34.6 Å². The number of pyridine rings is 1. The van der Waals surface area contributed by atoms with Crippen molar-refractivity contribution in [2.24, 2.45) is 0 Å². The second kappa shape index (κ2) is 10.9. The smallest absolute Gasteiger partial charge is 0.257 e. The number of hydrogen-bond acceptors (Lipinski definition) is 6. The Kier molecular flexibility index (Phi) is 7.37. The molecule has 2 aromatic carbocycles. The number of amides is 2. The monoisotopic (exact) mass is 534 g/mol. The average molecular weight is 535 g/mol. The van der Waals surface area contributed by atoms with Gasteiger partial charge in [0.1, 0.15) is 17.9 Å². The molecule has 0 unspecified atom stereocenters. The zero-order valence-electron chi connectivity index (χ0n) is 20.7. The van der Waals surface area contributed by atoms with Gasteiger partial charge in [0.05, 0.1) is 17.3 Å². The minimum Gasteiger partial charge on any atom is -0.388 e. The Labute approximate surface area is 222 Å². The minimum atomic E-state index is -0.566. The molecule has 0 spiro atoms. The van der Waals surface area contributed by atoms with Crippen LogP contribution in [-0.4, -0.2) is 35.1 Å². The summed E-state index contributed by atoms with van der Waals surface area (Å²) in [7, 11) is 1.67. The summed E-state index contributed by atoms with van der Waals surface area (Å²) < 4.78 is 14.8. The third kappa shape index (κ3) is 5.24. The molecule has 5 rings (SSSR count). The molecule has 2 amide bonds. The fourth-order valence-corrected chi connectivity index (χ4v) is 5.33. The van der Waals surface area contributed by atoms with Crippen molar-refractivity contribution in [3.63, 3.8) is 0 Å². The zero-order chi connectivity index (χ0) is 26.8. The fraction of sp³-hybridized carbons (Fsp3) is 0.250. The minimum absolute atomic E-state index is 0.0106. The molecule has 38 heavy (non-hydrogen) atoms. The summed E-state index contributed by atoms with van der Waals surface area (Å²) in [6.45, 7) is 1.11. The number of carbonyl (C=O) groups is 2. The molecule has 0 saturated heterocycles. The number of aliphatic hydroxyl groups is 1. The Bertz CT molecular complexity index is 1550. The first-order valence-corrected chi connectivity index (χ1v) is 13.1. The average Bonchev–Trinajstić information content (AvgIpc) is 3.46. The lowest BCUT2D eigenvalue weighted by Crippen LogP contribution is -2.37. The fourth-order valence-electron chi connectivity index (χ4n) is 4.58. The number of halogens is 1. The molecule has 8 nitrogen and oxygen atoms in total. The van der Waals surface area contributed by atoms with Crippen molar-refractivity contribution in [3.05, 3.63) is 97.7 Å². The van der Waals surface area contributed by atoms with Crippen LogP contribution in [0.5, 0.6) is 0 Å². The number of hydrogen-bond donors (Lipinski definition) is 3. The van der Waals surface area contributed by atoms with Crippen molar-refractivity contribution in [2.75, 3.05) is 18.5 Å². The van der Waals surface area contributed by atoms with Gasteiger partial charge in [0.15, 0.2) is 0 Å². The van der Waals surface area contributed by atoms with E-state index in [-0.39, 0.29) is 30.4 Å². The molecule has 1 atom stereocenters. The Morgan fingerprint density at radius 1 is 1.13 bits per heavy atom. The number of carbonyl (C=O) groups excluding carboxylic acids is 2. The maximum atomic E-state index is 13.5. The second-order valence-electron chi connectivity index (χ2n) is 9.27. The van der Waals surface area contributed by atoms with Gasteiger partial charge in [0.2, 0.25) is 11.3 Å². The summed E-state index contributed by atoms with van der Waals surface area (Å²) in [6.07, 6.45) is 1.42. The lowest BCUT2D eigenvalue weighted by Gasteiger charge is -2.28. The summed E-state index contributed by atoms with van der Waals surface area (Å²) in [4.78, 5) is 41.6. The van der Waals surface area contributed by atoms with Crippen LogP contribution in [-0.2, 0) is 24.4 Å². The standard InChI is InChI=1S/C28H27FN4O4S/c1-32-22-12-18(13-30-9-8-23(34)24-3-2-10-38-24)11-20-26(22)33(16-25(32)35)15-21(27(20)36)28(37)31-14-17-4-6-19(29)7-5-17/h2-7,10-12,15,23,30,34H,8-9,13-14,16H2,1H3,(H,31,37)/t23-/m1/s1. The number of aliphatic hydroxyl groups excluding tert-OH is 1. The van der Waals surface area contributed by atoms with Gasteiger partial charge in [0.25, 0.3) is 5.91 Å². The zero-order valence-corrected chi connectivity index (χ0v) is 21.6. The van der Waals surface area contributed by atoms with E-state index >= 15 is 0 Å². The highest BCUT2D eigenvalue weighted by atomic mass is 32.1. The molecular weight excluding hydrogens is 507 g/mol. The van der Waals surface area contributed by atoms with E-state index in [1.807, 2.05) is 23.6 Å². The van der Waals surface area contributed by atoms with Crippen molar-refractivity contribution in [3.8, 4) is 0 Å². The number of nitrogens with one attached hydrogen (secondary N) is 2. The molecule has 2 aromatic heterocycles. The third-order valence-corrected chi connectivity index (χ3v) is 7.63. The number of likely N-dealkylation sites (N-methyl/N-ethyl adjacent to an activating group) is 1. The summed E-state index contributed by atoms with van der Waals surface area (Å²) in [5.74, 6) is -1.10. The van der Waals surface area contributed by atoms with Crippen LogP contribution >= 0.6 is 11.3 Å². The molecule has 0 bridgehead atoms. The summed E-state index contributed by atoms with van der Waals surface area (Å²) in [5.41, 5.74) is 2.19. The normalized spacial score (nSPS) is 13.7. The molecule has 0 radical (unpaired) electrons. The van der Waals surface area contributed by atoms with E-state index in [0.717, 1.165) is 10.4 Å². The quantitative estimate of drug-likeness (QED) is 0.286. The summed E-state index contributed by atoms with van der Waals surface area (Å²) in [6, 6.07) is 13.1. The highest BCUT2D eigenvalue weighted by molar-refractivity contribution is 7.10. The topological polar surface area (TPSA) is 104 Å². The highest BCUT2D eigenvalue weighted by Gasteiger charge is 2.26. The van der Waals surface area contributed by atoms with Gasteiger partial charge in [-0.2, -0.15) is 0 Å². The van der Waals surface area contributed by atoms with Crippen LogP contribution in [0.15, 0.2) is 64.9 Å². The molecule has 3 N–H and O–H groups in total. The van der Waals surface area contributed by atoms with E-state index in [0.29, 0.717) is 41.7 Å². The lowest BCUT2D eigenvalue weighted by atomic mass is 10.0. The predicted molar refractivity (Wildman–Crippen MR) is 145 cm³/mol. The Hall–Kier alpha value is -3.86. The van der Waals surface area contributed by atoms with Crippen LogP contribution in [0.2, 0.25) is 0 Å². The Balaban J connectivity index is 1.39. The van der Waals surface area contributed by atoms with Crippen LogP contribution in [0.25, 0.3) is 10.9 Å². The van der Waals surface area contributed by atoms with Crippen LogP contribution < -0.4 is 21.0 Å². The molecule has 3 heterocycles. The lowest BCUT2D eigenvalue weighted by molar-refractivity contribution is -0.119. The first-order valence-electron chi connectivity index (χ1n) is 12.2. The van der Waals surface area contributed by atoms with Crippen molar-refractivity contribution >= 4 is 39.7 Å². The Morgan fingerprint density at radius 2 is 1.92 bits per heavy atom. The number of thiophene rings is 1. The second-order valence-corrected chi connectivity index (χ2v) is 10.2. The highest BCUT2D eigenvalue weighted by Crippen LogP contribution is 2.31. The number of benzene rings is 2. The molecule has 196 valence electrons. The van der Waals surface area contributed by atoms with Gasteiger partial charge in [-0.25, -0.2) is 4.39 Å². The van der Waals surface area contributed by atoms with E-state index in [9.17, 15) is 23.9 Å². The van der Waals surface area contributed by atoms with Gasteiger partial charge in [0, 0.05) is 36.6 Å². The number of rotatable bonds is 9. The molecule has 0 aliphatic carbocycles. The SMILES string of the molecule is CN1C(=O)Cn2cc(C(=O)NCc3ccc(F)cc3)c(=O)c3cc(CNCC[C@@H](O)c4cccs4)cc1c32. The molecule has 1 aliphatic rings. The molecule has 0 saturated carbocycles. The van der Waals surface area contributed by atoms with E-state index in [4.69, 9.17) is 0 Å².